The van der Waals surface area contributed by atoms with E-state index < -0.39 is 11.8 Å². The molecule has 118 valence electrons. The van der Waals surface area contributed by atoms with Crippen molar-refractivity contribution in [3.05, 3.63) is 29.3 Å². The first-order chi connectivity index (χ1) is 10.6. The van der Waals surface area contributed by atoms with Gasteiger partial charge >= 0.3 is 11.8 Å². The standard InChI is InChI=1S/C17H22N2O3/c1-12-4-5-14-6-8-19(15(14)9-12)17(22)16(21)18-7-2-3-13(10-18)11-20/h4-5,9,13,20H,2-3,6-8,10-11H2,1H3. The summed E-state index contributed by atoms with van der Waals surface area (Å²) in [4.78, 5) is 28.3. The van der Waals surface area contributed by atoms with Gasteiger partial charge in [0, 0.05) is 31.9 Å². The van der Waals surface area contributed by atoms with Gasteiger partial charge in [0.15, 0.2) is 0 Å². The van der Waals surface area contributed by atoms with Gasteiger partial charge < -0.3 is 14.9 Å². The number of carbonyl (C=O) groups is 2. The van der Waals surface area contributed by atoms with E-state index in [9.17, 15) is 14.7 Å². The number of hydrogen-bond acceptors (Lipinski definition) is 3. The van der Waals surface area contributed by atoms with Crippen LogP contribution in [-0.4, -0.2) is 48.1 Å². The fourth-order valence-corrected chi connectivity index (χ4v) is 3.35. The second kappa shape index (κ2) is 6.08. The number of piperidine rings is 1. The van der Waals surface area contributed by atoms with Crippen LogP contribution in [0.4, 0.5) is 5.69 Å². The molecule has 5 heteroatoms. The van der Waals surface area contributed by atoms with Crippen LogP contribution in [0.1, 0.15) is 24.0 Å². The molecule has 2 heterocycles. The number of carbonyl (C=O) groups excluding carboxylic acids is 2. The number of anilines is 1. The zero-order chi connectivity index (χ0) is 15.7. The van der Waals surface area contributed by atoms with Crippen molar-refractivity contribution in [1.29, 1.82) is 0 Å². The number of rotatable bonds is 1. The van der Waals surface area contributed by atoms with E-state index in [-0.39, 0.29) is 12.5 Å². The molecule has 1 unspecified atom stereocenters. The summed E-state index contributed by atoms with van der Waals surface area (Å²) in [6.07, 6.45) is 2.56. The predicted octanol–water partition coefficient (Wildman–Crippen LogP) is 1.12. The number of fused-ring (bicyclic) bond motifs is 1. The maximum absolute atomic E-state index is 12.6. The van der Waals surface area contributed by atoms with Gasteiger partial charge in [0.25, 0.3) is 0 Å². The monoisotopic (exact) mass is 302 g/mol. The Hall–Kier alpha value is -1.88. The third kappa shape index (κ3) is 2.73. The van der Waals surface area contributed by atoms with Gasteiger partial charge in [-0.25, -0.2) is 0 Å². The molecule has 0 spiro atoms. The second-order valence-corrected chi connectivity index (χ2v) is 6.28. The topological polar surface area (TPSA) is 60.9 Å². The van der Waals surface area contributed by atoms with Crippen LogP contribution in [0, 0.1) is 12.8 Å². The van der Waals surface area contributed by atoms with Crippen molar-refractivity contribution in [2.75, 3.05) is 31.1 Å². The van der Waals surface area contributed by atoms with E-state index in [1.54, 1.807) is 9.80 Å². The van der Waals surface area contributed by atoms with Crippen molar-refractivity contribution < 1.29 is 14.7 Å². The number of benzene rings is 1. The molecular formula is C17H22N2O3. The highest BCUT2D eigenvalue weighted by Gasteiger charge is 2.34. The lowest BCUT2D eigenvalue weighted by Gasteiger charge is -2.32. The van der Waals surface area contributed by atoms with Crippen molar-refractivity contribution >= 4 is 17.5 Å². The summed E-state index contributed by atoms with van der Waals surface area (Å²) in [6.45, 7) is 3.72. The van der Waals surface area contributed by atoms with Gasteiger partial charge in [0.1, 0.15) is 0 Å². The van der Waals surface area contributed by atoms with E-state index in [0.717, 1.165) is 36.1 Å². The quantitative estimate of drug-likeness (QED) is 0.791. The van der Waals surface area contributed by atoms with Crippen LogP contribution in [-0.2, 0) is 16.0 Å². The molecule has 1 saturated heterocycles. The maximum atomic E-state index is 12.6. The molecule has 0 bridgehead atoms. The molecule has 1 atom stereocenters. The molecule has 1 aromatic rings. The van der Waals surface area contributed by atoms with Crippen LogP contribution in [0.25, 0.3) is 0 Å². The third-order valence-corrected chi connectivity index (χ3v) is 4.63. The number of aryl methyl sites for hydroxylation is 1. The van der Waals surface area contributed by atoms with Crippen LogP contribution in [0.15, 0.2) is 18.2 Å². The largest absolute Gasteiger partial charge is 0.396 e. The van der Waals surface area contributed by atoms with Crippen molar-refractivity contribution in [1.82, 2.24) is 4.90 Å². The number of nitrogens with zero attached hydrogens (tertiary/aromatic N) is 2. The first-order valence-electron chi connectivity index (χ1n) is 7.91. The number of aliphatic hydroxyl groups is 1. The Bertz CT molecular complexity index is 600. The smallest absolute Gasteiger partial charge is 0.316 e. The normalized spacial score (nSPS) is 20.9. The highest BCUT2D eigenvalue weighted by molar-refractivity contribution is 6.40. The number of likely N-dealkylation sites (tertiary alicyclic amines) is 1. The lowest BCUT2D eigenvalue weighted by atomic mass is 9.99. The van der Waals surface area contributed by atoms with Crippen LogP contribution >= 0.6 is 0 Å². The van der Waals surface area contributed by atoms with Gasteiger partial charge in [-0.1, -0.05) is 12.1 Å². The van der Waals surface area contributed by atoms with Crippen LogP contribution in [0.3, 0.4) is 0 Å². The van der Waals surface area contributed by atoms with Gasteiger partial charge in [0.05, 0.1) is 0 Å². The molecule has 0 radical (unpaired) electrons. The fourth-order valence-electron chi connectivity index (χ4n) is 3.35. The number of amides is 2. The Morgan fingerprint density at radius 3 is 2.86 bits per heavy atom. The molecule has 0 aliphatic carbocycles. The van der Waals surface area contributed by atoms with Crippen molar-refractivity contribution in [2.45, 2.75) is 26.2 Å². The minimum Gasteiger partial charge on any atom is -0.396 e. The molecule has 1 N–H and O–H groups in total. The molecule has 1 aromatic carbocycles. The molecule has 2 aliphatic rings. The lowest BCUT2D eigenvalue weighted by molar-refractivity contribution is -0.145. The predicted molar refractivity (Wildman–Crippen MR) is 83.6 cm³/mol. The summed E-state index contributed by atoms with van der Waals surface area (Å²) in [5.41, 5.74) is 3.08. The van der Waals surface area contributed by atoms with E-state index in [0.29, 0.717) is 19.6 Å². The van der Waals surface area contributed by atoms with Gasteiger partial charge in [-0.2, -0.15) is 0 Å². The Balaban J connectivity index is 1.75. The zero-order valence-corrected chi connectivity index (χ0v) is 12.9. The summed E-state index contributed by atoms with van der Waals surface area (Å²) < 4.78 is 0. The fraction of sp³-hybridized carbons (Fsp3) is 0.529. The van der Waals surface area contributed by atoms with E-state index in [4.69, 9.17) is 0 Å². The second-order valence-electron chi connectivity index (χ2n) is 6.28. The molecule has 2 aliphatic heterocycles. The summed E-state index contributed by atoms with van der Waals surface area (Å²) >= 11 is 0. The van der Waals surface area contributed by atoms with Gasteiger partial charge in [-0.05, 0) is 49.3 Å². The Kier molecular flexibility index (Phi) is 4.16. The first-order valence-corrected chi connectivity index (χ1v) is 7.91. The lowest BCUT2D eigenvalue weighted by Crippen LogP contribution is -2.49. The number of hydrogen-bond donors (Lipinski definition) is 1. The first kappa shape index (κ1) is 15.0. The Morgan fingerprint density at radius 1 is 1.27 bits per heavy atom. The van der Waals surface area contributed by atoms with E-state index in [2.05, 4.69) is 0 Å². The van der Waals surface area contributed by atoms with Crippen molar-refractivity contribution in [3.63, 3.8) is 0 Å². The Morgan fingerprint density at radius 2 is 2.09 bits per heavy atom. The third-order valence-electron chi connectivity index (χ3n) is 4.63. The van der Waals surface area contributed by atoms with Gasteiger partial charge in [-0.3, -0.25) is 9.59 Å². The minimum atomic E-state index is -0.442. The Labute approximate surface area is 130 Å². The van der Waals surface area contributed by atoms with E-state index in [1.165, 1.54) is 0 Å². The van der Waals surface area contributed by atoms with Crippen LogP contribution in [0.5, 0.6) is 0 Å². The number of aliphatic hydroxyl groups excluding tert-OH is 1. The summed E-state index contributed by atoms with van der Waals surface area (Å²) in [5.74, 6) is -0.783. The molecule has 5 nitrogen and oxygen atoms in total. The molecule has 1 fully saturated rings. The zero-order valence-electron chi connectivity index (χ0n) is 12.9. The summed E-state index contributed by atoms with van der Waals surface area (Å²) in [6, 6.07) is 6.04. The van der Waals surface area contributed by atoms with Crippen LogP contribution < -0.4 is 4.90 Å². The average molecular weight is 302 g/mol. The van der Waals surface area contributed by atoms with Crippen molar-refractivity contribution in [2.24, 2.45) is 5.92 Å². The van der Waals surface area contributed by atoms with E-state index >= 15 is 0 Å². The summed E-state index contributed by atoms with van der Waals surface area (Å²) in [7, 11) is 0. The highest BCUT2D eigenvalue weighted by Crippen LogP contribution is 2.29. The van der Waals surface area contributed by atoms with E-state index in [1.807, 2.05) is 25.1 Å². The molecule has 0 aromatic heterocycles. The van der Waals surface area contributed by atoms with Crippen LogP contribution in [0.2, 0.25) is 0 Å². The molecular weight excluding hydrogens is 280 g/mol. The average Bonchev–Trinajstić information content (AvgIpc) is 2.96. The molecule has 3 rings (SSSR count). The van der Waals surface area contributed by atoms with Crippen molar-refractivity contribution in [3.8, 4) is 0 Å². The van der Waals surface area contributed by atoms with Gasteiger partial charge in [0.2, 0.25) is 0 Å². The van der Waals surface area contributed by atoms with Gasteiger partial charge in [-0.15, -0.1) is 0 Å². The SMILES string of the molecule is Cc1ccc2c(c1)N(C(=O)C(=O)N1CCCC(CO)C1)CC2. The molecule has 22 heavy (non-hydrogen) atoms. The molecule has 0 saturated carbocycles. The summed E-state index contributed by atoms with van der Waals surface area (Å²) in [5, 5.41) is 9.27. The minimum absolute atomic E-state index is 0.0731. The molecule has 2 amide bonds. The highest BCUT2D eigenvalue weighted by atomic mass is 16.3. The maximum Gasteiger partial charge on any atom is 0.316 e.